The normalized spacial score (nSPS) is 11.7. The predicted octanol–water partition coefficient (Wildman–Crippen LogP) is 4.45. The second-order valence-corrected chi connectivity index (χ2v) is 5.23. The van der Waals surface area contributed by atoms with Gasteiger partial charge in [-0.25, -0.2) is 4.68 Å². The minimum Gasteiger partial charge on any atom is -0.398 e. The third-order valence-corrected chi connectivity index (χ3v) is 3.58. The van der Waals surface area contributed by atoms with Gasteiger partial charge in [0.25, 0.3) is 0 Å². The number of nitrogen functional groups attached to an aromatic ring is 1. The van der Waals surface area contributed by atoms with E-state index in [9.17, 15) is 13.2 Å². The van der Waals surface area contributed by atoms with Crippen molar-refractivity contribution in [3.63, 3.8) is 0 Å². The van der Waals surface area contributed by atoms with Crippen molar-refractivity contribution < 1.29 is 13.2 Å². The van der Waals surface area contributed by atoms with Crippen molar-refractivity contribution in [3.8, 4) is 16.9 Å². The van der Waals surface area contributed by atoms with Gasteiger partial charge < -0.3 is 5.73 Å². The minimum atomic E-state index is -4.51. The second-order valence-electron chi connectivity index (χ2n) is 5.23. The summed E-state index contributed by atoms with van der Waals surface area (Å²) in [6, 6.07) is 14.9. The molecule has 0 fully saturated rings. The molecule has 3 rings (SSSR count). The highest BCUT2D eigenvalue weighted by atomic mass is 19.4. The van der Waals surface area contributed by atoms with Gasteiger partial charge in [-0.15, -0.1) is 0 Å². The molecule has 0 atom stereocenters. The topological polar surface area (TPSA) is 43.8 Å². The van der Waals surface area contributed by atoms with Crippen LogP contribution in [0.25, 0.3) is 16.9 Å². The van der Waals surface area contributed by atoms with Crippen LogP contribution in [0.15, 0.2) is 54.6 Å². The molecule has 3 nitrogen and oxygen atoms in total. The molecule has 0 aliphatic heterocycles. The Kier molecular flexibility index (Phi) is 3.60. The molecular weight excluding hydrogens is 303 g/mol. The van der Waals surface area contributed by atoms with Gasteiger partial charge in [-0.1, -0.05) is 30.3 Å². The van der Waals surface area contributed by atoms with Crippen LogP contribution in [0.2, 0.25) is 0 Å². The summed E-state index contributed by atoms with van der Waals surface area (Å²) in [6.07, 6.45) is -4.51. The number of nitrogens with two attached hydrogens (primary N) is 1. The maximum absolute atomic E-state index is 13.1. The Labute approximate surface area is 131 Å². The summed E-state index contributed by atoms with van der Waals surface area (Å²) in [6.45, 7) is 1.84. The Morgan fingerprint density at radius 1 is 1.00 bits per heavy atom. The van der Waals surface area contributed by atoms with Crippen LogP contribution in [0.3, 0.4) is 0 Å². The summed E-state index contributed by atoms with van der Waals surface area (Å²) in [5, 5.41) is 3.73. The van der Waals surface area contributed by atoms with Crippen molar-refractivity contribution in [1.29, 1.82) is 0 Å². The molecule has 3 aromatic rings. The highest BCUT2D eigenvalue weighted by Gasteiger charge is 2.35. The van der Waals surface area contributed by atoms with Gasteiger partial charge in [0.2, 0.25) is 0 Å². The minimum absolute atomic E-state index is 0.343. The molecule has 0 aliphatic carbocycles. The van der Waals surface area contributed by atoms with E-state index in [4.69, 9.17) is 5.73 Å². The summed E-state index contributed by atoms with van der Waals surface area (Å²) in [5.41, 5.74) is 7.83. The van der Waals surface area contributed by atoms with Gasteiger partial charge in [-0.05, 0) is 36.8 Å². The first kappa shape index (κ1) is 15.1. The van der Waals surface area contributed by atoms with E-state index in [1.165, 1.54) is 4.68 Å². The van der Waals surface area contributed by atoms with Crippen LogP contribution in [0.5, 0.6) is 0 Å². The number of rotatable bonds is 2. The molecule has 1 heterocycles. The molecule has 0 aliphatic rings. The molecule has 0 saturated heterocycles. The van der Waals surface area contributed by atoms with Crippen LogP contribution in [0.1, 0.15) is 11.3 Å². The lowest BCUT2D eigenvalue weighted by Gasteiger charge is -2.09. The summed E-state index contributed by atoms with van der Waals surface area (Å²) in [4.78, 5) is 0. The van der Waals surface area contributed by atoms with E-state index in [2.05, 4.69) is 5.10 Å². The van der Waals surface area contributed by atoms with Gasteiger partial charge in [0.1, 0.15) is 0 Å². The fourth-order valence-electron chi connectivity index (χ4n) is 2.29. The average molecular weight is 317 g/mol. The van der Waals surface area contributed by atoms with Crippen LogP contribution < -0.4 is 5.73 Å². The van der Waals surface area contributed by atoms with Gasteiger partial charge in [-0.3, -0.25) is 0 Å². The summed E-state index contributed by atoms with van der Waals surface area (Å²) in [7, 11) is 0. The number of anilines is 1. The standard InChI is InChI=1S/C17H14F3N3/c1-11-7-8-12(9-14(11)21)15-10-16(17(18,19)20)22-23(15)13-5-3-2-4-6-13/h2-10H,21H2,1H3. The number of hydrogen-bond donors (Lipinski definition) is 1. The van der Waals surface area contributed by atoms with E-state index in [1.807, 2.05) is 6.92 Å². The molecule has 0 amide bonds. The van der Waals surface area contributed by atoms with E-state index >= 15 is 0 Å². The summed E-state index contributed by atoms with van der Waals surface area (Å²) in [5.74, 6) is 0. The quantitative estimate of drug-likeness (QED) is 0.710. The van der Waals surface area contributed by atoms with E-state index in [0.29, 0.717) is 22.6 Å². The fourth-order valence-corrected chi connectivity index (χ4v) is 2.29. The lowest BCUT2D eigenvalue weighted by atomic mass is 10.1. The molecule has 23 heavy (non-hydrogen) atoms. The maximum Gasteiger partial charge on any atom is 0.435 e. The zero-order valence-electron chi connectivity index (χ0n) is 12.3. The van der Waals surface area contributed by atoms with Crippen molar-refractivity contribution >= 4 is 5.69 Å². The first-order chi connectivity index (χ1) is 10.9. The monoisotopic (exact) mass is 317 g/mol. The number of halogens is 3. The molecule has 6 heteroatoms. The molecule has 0 saturated carbocycles. The van der Waals surface area contributed by atoms with Crippen molar-refractivity contribution in [3.05, 3.63) is 65.9 Å². The van der Waals surface area contributed by atoms with E-state index in [-0.39, 0.29) is 0 Å². The Hall–Kier alpha value is -2.76. The zero-order valence-corrected chi connectivity index (χ0v) is 12.3. The lowest BCUT2D eigenvalue weighted by molar-refractivity contribution is -0.141. The van der Waals surface area contributed by atoms with Gasteiger partial charge >= 0.3 is 6.18 Å². The summed E-state index contributed by atoms with van der Waals surface area (Å²) < 4.78 is 40.5. The number of alkyl halides is 3. The molecule has 2 N–H and O–H groups in total. The third kappa shape index (κ3) is 2.92. The number of aromatic nitrogens is 2. The first-order valence-corrected chi connectivity index (χ1v) is 6.95. The number of para-hydroxylation sites is 1. The molecule has 0 unspecified atom stereocenters. The Morgan fingerprint density at radius 3 is 2.30 bits per heavy atom. The first-order valence-electron chi connectivity index (χ1n) is 6.95. The fraction of sp³-hybridized carbons (Fsp3) is 0.118. The number of hydrogen-bond acceptors (Lipinski definition) is 2. The van der Waals surface area contributed by atoms with Crippen LogP contribution in [0, 0.1) is 6.92 Å². The predicted molar refractivity (Wildman–Crippen MR) is 83.2 cm³/mol. The highest BCUT2D eigenvalue weighted by Crippen LogP contribution is 2.34. The third-order valence-electron chi connectivity index (χ3n) is 3.58. The number of nitrogens with zero attached hydrogens (tertiary/aromatic N) is 2. The van der Waals surface area contributed by atoms with Crippen LogP contribution >= 0.6 is 0 Å². The number of aryl methyl sites for hydroxylation is 1. The second kappa shape index (κ2) is 5.46. The lowest BCUT2D eigenvalue weighted by Crippen LogP contribution is -2.07. The highest BCUT2D eigenvalue weighted by molar-refractivity contribution is 5.68. The largest absolute Gasteiger partial charge is 0.435 e. The zero-order chi connectivity index (χ0) is 16.6. The summed E-state index contributed by atoms with van der Waals surface area (Å²) >= 11 is 0. The molecule has 2 aromatic carbocycles. The van der Waals surface area contributed by atoms with Crippen LogP contribution in [0.4, 0.5) is 18.9 Å². The van der Waals surface area contributed by atoms with Gasteiger partial charge in [0, 0.05) is 11.3 Å². The number of benzene rings is 2. The maximum atomic E-state index is 13.1. The smallest absolute Gasteiger partial charge is 0.398 e. The van der Waals surface area contributed by atoms with E-state index in [0.717, 1.165) is 11.6 Å². The Balaban J connectivity index is 2.22. The van der Waals surface area contributed by atoms with Crippen LogP contribution in [-0.4, -0.2) is 9.78 Å². The molecule has 1 aromatic heterocycles. The van der Waals surface area contributed by atoms with Gasteiger partial charge in [-0.2, -0.15) is 18.3 Å². The van der Waals surface area contributed by atoms with E-state index < -0.39 is 11.9 Å². The van der Waals surface area contributed by atoms with Crippen molar-refractivity contribution in [2.45, 2.75) is 13.1 Å². The molecule has 0 radical (unpaired) electrons. The van der Waals surface area contributed by atoms with Crippen molar-refractivity contribution in [1.82, 2.24) is 9.78 Å². The molecular formula is C17H14F3N3. The molecule has 118 valence electrons. The Bertz CT molecular complexity index is 836. The van der Waals surface area contributed by atoms with Crippen molar-refractivity contribution in [2.75, 3.05) is 5.73 Å². The SMILES string of the molecule is Cc1ccc(-c2cc(C(F)(F)F)nn2-c2ccccc2)cc1N. The average Bonchev–Trinajstić information content (AvgIpc) is 2.96. The van der Waals surface area contributed by atoms with Crippen LogP contribution in [-0.2, 0) is 6.18 Å². The van der Waals surface area contributed by atoms with Gasteiger partial charge in [0.15, 0.2) is 5.69 Å². The molecule has 0 spiro atoms. The van der Waals surface area contributed by atoms with E-state index in [1.54, 1.807) is 48.5 Å². The van der Waals surface area contributed by atoms with Crippen molar-refractivity contribution in [2.24, 2.45) is 0 Å². The molecule has 0 bridgehead atoms. The Morgan fingerprint density at radius 2 is 1.70 bits per heavy atom. The van der Waals surface area contributed by atoms with Gasteiger partial charge in [0.05, 0.1) is 11.4 Å².